The van der Waals surface area contributed by atoms with Gasteiger partial charge in [0.2, 0.25) is 5.91 Å². The Morgan fingerprint density at radius 1 is 1.67 bits per heavy atom. The fraction of sp³-hybridized carbons (Fsp3) is 0.875. The Kier molecular flexibility index (Phi) is 2.02. The average Bonchev–Trinajstić information content (AvgIpc) is 2.49. The van der Waals surface area contributed by atoms with Crippen molar-refractivity contribution < 1.29 is 9.53 Å². The van der Waals surface area contributed by atoms with Gasteiger partial charge < -0.3 is 10.1 Å². The zero-order valence-corrected chi connectivity index (χ0v) is 7.25. The highest BCUT2D eigenvalue weighted by Gasteiger charge is 2.38. The Morgan fingerprint density at radius 2 is 2.50 bits per heavy atom. The maximum atomic E-state index is 11.3. The van der Waals surface area contributed by atoms with Crippen LogP contribution in [0.5, 0.6) is 0 Å². The third-order valence-corrected chi connectivity index (χ3v) is 2.70. The van der Waals surface area contributed by atoms with Crippen molar-refractivity contribution in [3.8, 4) is 0 Å². The lowest BCUT2D eigenvalue weighted by atomic mass is 10.1. The number of methoxy groups -OCH3 is 1. The van der Waals surface area contributed by atoms with Crippen molar-refractivity contribution in [1.82, 2.24) is 10.2 Å². The number of ether oxygens (including phenoxy) is 1. The second-order valence-electron chi connectivity index (χ2n) is 3.40. The lowest BCUT2D eigenvalue weighted by Crippen LogP contribution is -2.51. The minimum Gasteiger partial charge on any atom is -0.380 e. The molecule has 1 amide bonds. The molecule has 1 N–H and O–H groups in total. The highest BCUT2D eigenvalue weighted by atomic mass is 16.5. The lowest BCUT2D eigenvalue weighted by Gasteiger charge is -2.28. The van der Waals surface area contributed by atoms with Gasteiger partial charge in [-0.2, -0.15) is 0 Å². The normalized spacial score (nSPS) is 36.2. The van der Waals surface area contributed by atoms with Gasteiger partial charge in [0.1, 0.15) is 0 Å². The molecule has 0 spiro atoms. The van der Waals surface area contributed by atoms with Crippen LogP contribution in [0.25, 0.3) is 0 Å². The molecule has 2 atom stereocenters. The summed E-state index contributed by atoms with van der Waals surface area (Å²) in [5.74, 6) is 0.167. The van der Waals surface area contributed by atoms with E-state index < -0.39 is 0 Å². The van der Waals surface area contributed by atoms with E-state index in [1.54, 1.807) is 7.11 Å². The Balaban J connectivity index is 2.04. The standard InChI is InChI=1S/C8H14N2O2/c1-12-6-4-7-8(11)9-2-3-10(7)5-6/h6-7H,2-5H2,1H3,(H,9,11). The van der Waals surface area contributed by atoms with Crippen molar-refractivity contribution >= 4 is 5.91 Å². The summed E-state index contributed by atoms with van der Waals surface area (Å²) < 4.78 is 5.23. The molecule has 2 rings (SSSR count). The van der Waals surface area contributed by atoms with Crippen LogP contribution in [0.15, 0.2) is 0 Å². The van der Waals surface area contributed by atoms with Crippen LogP contribution in [-0.2, 0) is 9.53 Å². The topological polar surface area (TPSA) is 41.6 Å². The van der Waals surface area contributed by atoms with Crippen molar-refractivity contribution in [2.24, 2.45) is 0 Å². The van der Waals surface area contributed by atoms with Crippen LogP contribution in [0.4, 0.5) is 0 Å². The SMILES string of the molecule is COC1CC2C(=O)NCCN2C1. The number of piperazine rings is 1. The zero-order chi connectivity index (χ0) is 8.55. The number of nitrogens with zero attached hydrogens (tertiary/aromatic N) is 1. The second kappa shape index (κ2) is 3.03. The van der Waals surface area contributed by atoms with Crippen molar-refractivity contribution in [1.29, 1.82) is 0 Å². The number of hydrogen-bond acceptors (Lipinski definition) is 3. The lowest BCUT2D eigenvalue weighted by molar-refractivity contribution is -0.127. The van der Waals surface area contributed by atoms with E-state index in [-0.39, 0.29) is 18.1 Å². The molecule has 4 heteroatoms. The molecule has 2 aliphatic rings. The molecule has 0 radical (unpaired) electrons. The van der Waals surface area contributed by atoms with Crippen LogP contribution in [0, 0.1) is 0 Å². The molecule has 2 fully saturated rings. The second-order valence-corrected chi connectivity index (χ2v) is 3.40. The largest absolute Gasteiger partial charge is 0.380 e. The van der Waals surface area contributed by atoms with Gasteiger partial charge >= 0.3 is 0 Å². The molecule has 0 aromatic carbocycles. The van der Waals surface area contributed by atoms with Gasteiger partial charge in [-0.1, -0.05) is 0 Å². The fourth-order valence-corrected chi connectivity index (χ4v) is 1.99. The first-order valence-electron chi connectivity index (χ1n) is 4.36. The van der Waals surface area contributed by atoms with E-state index in [2.05, 4.69) is 10.2 Å². The Morgan fingerprint density at radius 3 is 3.17 bits per heavy atom. The summed E-state index contributed by atoms with van der Waals surface area (Å²) >= 11 is 0. The average molecular weight is 170 g/mol. The Labute approximate surface area is 71.9 Å². The first-order valence-corrected chi connectivity index (χ1v) is 4.36. The van der Waals surface area contributed by atoms with Gasteiger partial charge in [-0.15, -0.1) is 0 Å². The molecule has 0 bridgehead atoms. The zero-order valence-electron chi connectivity index (χ0n) is 7.25. The summed E-state index contributed by atoms with van der Waals surface area (Å²) in [6.45, 7) is 2.66. The molecule has 0 aliphatic carbocycles. The number of hydrogen-bond donors (Lipinski definition) is 1. The Hall–Kier alpha value is -0.610. The van der Waals surface area contributed by atoms with E-state index >= 15 is 0 Å². The van der Waals surface area contributed by atoms with Crippen LogP contribution in [-0.4, -0.2) is 49.7 Å². The monoisotopic (exact) mass is 170 g/mol. The van der Waals surface area contributed by atoms with E-state index in [1.807, 2.05) is 0 Å². The summed E-state index contributed by atoms with van der Waals surface area (Å²) in [7, 11) is 1.71. The smallest absolute Gasteiger partial charge is 0.237 e. The van der Waals surface area contributed by atoms with Crippen LogP contribution >= 0.6 is 0 Å². The van der Waals surface area contributed by atoms with Gasteiger partial charge in [-0.3, -0.25) is 9.69 Å². The molecular weight excluding hydrogens is 156 g/mol. The molecule has 68 valence electrons. The maximum absolute atomic E-state index is 11.3. The highest BCUT2D eigenvalue weighted by Crippen LogP contribution is 2.21. The molecule has 4 nitrogen and oxygen atoms in total. The first kappa shape index (κ1) is 8.01. The van der Waals surface area contributed by atoms with Crippen molar-refractivity contribution in [2.75, 3.05) is 26.7 Å². The first-order chi connectivity index (χ1) is 5.81. The Bertz CT molecular complexity index is 195. The quantitative estimate of drug-likeness (QED) is 0.560. The van der Waals surface area contributed by atoms with Crippen molar-refractivity contribution in [3.63, 3.8) is 0 Å². The number of rotatable bonds is 1. The molecule has 0 saturated carbocycles. The minimum atomic E-state index is 0.0729. The van der Waals surface area contributed by atoms with Gasteiger partial charge in [-0.05, 0) is 6.42 Å². The summed E-state index contributed by atoms with van der Waals surface area (Å²) in [5.41, 5.74) is 0. The van der Waals surface area contributed by atoms with Gasteiger partial charge in [0.05, 0.1) is 12.1 Å². The summed E-state index contributed by atoms with van der Waals surface area (Å²) in [6.07, 6.45) is 1.10. The van der Waals surface area contributed by atoms with E-state index in [0.29, 0.717) is 0 Å². The van der Waals surface area contributed by atoms with E-state index in [9.17, 15) is 4.79 Å². The predicted molar refractivity (Wildman–Crippen MR) is 43.8 cm³/mol. The van der Waals surface area contributed by atoms with Crippen LogP contribution in [0.2, 0.25) is 0 Å². The van der Waals surface area contributed by atoms with Crippen molar-refractivity contribution in [2.45, 2.75) is 18.6 Å². The molecule has 2 saturated heterocycles. The number of amides is 1. The van der Waals surface area contributed by atoms with Crippen LogP contribution in [0.1, 0.15) is 6.42 Å². The maximum Gasteiger partial charge on any atom is 0.237 e. The summed E-state index contributed by atoms with van der Waals surface area (Å²) in [5, 5.41) is 2.86. The molecule has 0 aromatic heterocycles. The van der Waals surface area contributed by atoms with E-state index in [4.69, 9.17) is 4.74 Å². The van der Waals surface area contributed by atoms with E-state index in [0.717, 1.165) is 26.1 Å². The van der Waals surface area contributed by atoms with Crippen LogP contribution in [0.3, 0.4) is 0 Å². The third kappa shape index (κ3) is 1.21. The van der Waals surface area contributed by atoms with Gasteiger partial charge in [0.25, 0.3) is 0 Å². The minimum absolute atomic E-state index is 0.0729. The van der Waals surface area contributed by atoms with Gasteiger partial charge in [0.15, 0.2) is 0 Å². The molecule has 0 aromatic rings. The third-order valence-electron chi connectivity index (χ3n) is 2.70. The molecule has 2 aliphatic heterocycles. The number of fused-ring (bicyclic) bond motifs is 1. The molecular formula is C8H14N2O2. The summed E-state index contributed by atoms with van der Waals surface area (Å²) in [6, 6.07) is 0.0729. The van der Waals surface area contributed by atoms with E-state index in [1.165, 1.54) is 0 Å². The molecule has 12 heavy (non-hydrogen) atoms. The highest BCUT2D eigenvalue weighted by molar-refractivity contribution is 5.82. The van der Waals surface area contributed by atoms with Gasteiger partial charge in [-0.25, -0.2) is 0 Å². The fourth-order valence-electron chi connectivity index (χ4n) is 1.99. The van der Waals surface area contributed by atoms with Crippen molar-refractivity contribution in [3.05, 3.63) is 0 Å². The van der Waals surface area contributed by atoms with Crippen LogP contribution < -0.4 is 5.32 Å². The predicted octanol–water partition coefficient (Wildman–Crippen LogP) is -0.794. The number of carbonyl (C=O) groups excluding carboxylic acids is 1. The van der Waals surface area contributed by atoms with Gasteiger partial charge in [0, 0.05) is 26.7 Å². The summed E-state index contributed by atoms with van der Waals surface area (Å²) in [4.78, 5) is 13.5. The number of carbonyl (C=O) groups is 1. The number of nitrogens with one attached hydrogen (secondary N) is 1. The molecule has 2 unspecified atom stereocenters. The molecule has 2 heterocycles.